The summed E-state index contributed by atoms with van der Waals surface area (Å²) in [5.74, 6) is -0.0350. The van der Waals surface area contributed by atoms with Crippen LogP contribution in [0.1, 0.15) is 35.1 Å². The lowest BCUT2D eigenvalue weighted by Crippen LogP contribution is -2.46. The molecule has 6 nitrogen and oxygen atoms in total. The zero-order valence-electron chi connectivity index (χ0n) is 21.5. The number of carbonyl (C=O) groups is 2. The number of nitrogens with one attached hydrogen (secondary N) is 2. The molecule has 0 atom stereocenters. The minimum Gasteiger partial charge on any atom is -0.361 e. The number of nitrogens with zero attached hydrogens (tertiary/aromatic N) is 2. The largest absolute Gasteiger partial charge is 0.361 e. The molecule has 0 spiro atoms. The Morgan fingerprint density at radius 3 is 2.43 bits per heavy atom. The normalized spacial score (nSPS) is 12.9. The van der Waals surface area contributed by atoms with Crippen LogP contribution in [0.25, 0.3) is 10.9 Å². The fraction of sp³-hybridized carbons (Fsp3) is 0.290. The molecule has 1 fully saturated rings. The molecule has 3 aromatic carbocycles. The number of benzene rings is 3. The number of rotatable bonds is 9. The Morgan fingerprint density at radius 1 is 0.946 bits per heavy atom. The highest BCUT2D eigenvalue weighted by Gasteiger charge is 2.35. The van der Waals surface area contributed by atoms with Gasteiger partial charge >= 0.3 is 6.03 Å². The molecule has 0 radical (unpaired) electrons. The maximum absolute atomic E-state index is 13.7. The molecule has 0 aliphatic heterocycles. The van der Waals surface area contributed by atoms with E-state index in [2.05, 4.69) is 53.6 Å². The van der Waals surface area contributed by atoms with Crippen LogP contribution in [-0.4, -0.2) is 45.9 Å². The molecule has 37 heavy (non-hydrogen) atoms. The Bertz CT molecular complexity index is 1390. The van der Waals surface area contributed by atoms with Crippen molar-refractivity contribution in [2.24, 2.45) is 0 Å². The second kappa shape index (κ2) is 10.9. The third kappa shape index (κ3) is 6.02. The van der Waals surface area contributed by atoms with Crippen LogP contribution >= 0.6 is 0 Å². The number of para-hydroxylation sites is 2. The molecule has 1 heterocycles. The van der Waals surface area contributed by atoms with Gasteiger partial charge in [0, 0.05) is 41.9 Å². The molecule has 1 aliphatic carbocycles. The Morgan fingerprint density at radius 2 is 1.68 bits per heavy atom. The van der Waals surface area contributed by atoms with Crippen molar-refractivity contribution in [2.75, 3.05) is 18.4 Å². The van der Waals surface area contributed by atoms with E-state index in [0.29, 0.717) is 13.1 Å². The van der Waals surface area contributed by atoms with Crippen LogP contribution in [0.15, 0.2) is 79.0 Å². The number of hydrogen-bond donors (Lipinski definition) is 2. The minimum atomic E-state index is -0.211. The number of fused-ring (bicyclic) bond motifs is 1. The van der Waals surface area contributed by atoms with Gasteiger partial charge in [0.25, 0.3) is 0 Å². The molecular formula is C31H34N4O2. The molecule has 1 aromatic heterocycles. The summed E-state index contributed by atoms with van der Waals surface area (Å²) in [4.78, 5) is 33.9. The molecular weight excluding hydrogens is 460 g/mol. The minimum absolute atomic E-state index is 0.0350. The van der Waals surface area contributed by atoms with Gasteiger partial charge in [-0.2, -0.15) is 0 Å². The average molecular weight is 495 g/mol. The smallest absolute Gasteiger partial charge is 0.322 e. The van der Waals surface area contributed by atoms with E-state index in [0.717, 1.165) is 41.6 Å². The van der Waals surface area contributed by atoms with Crippen molar-refractivity contribution in [2.45, 2.75) is 45.7 Å². The van der Waals surface area contributed by atoms with Gasteiger partial charge in [-0.1, -0.05) is 66.2 Å². The van der Waals surface area contributed by atoms with Crippen LogP contribution in [0, 0.1) is 13.8 Å². The van der Waals surface area contributed by atoms with Crippen molar-refractivity contribution in [1.29, 1.82) is 0 Å². The standard InChI is InChI=1S/C31H34N4O2/c1-22-11-13-24(14-12-22)20-34(18-17-25-19-32-29-10-6-4-8-27(25)29)30(36)21-35(26-15-16-26)31(37)33-28-9-5-3-7-23(28)2/h3-14,19,26,32H,15-18,20-21H2,1-2H3,(H,33,37). The molecule has 0 saturated heterocycles. The summed E-state index contributed by atoms with van der Waals surface area (Å²) in [6.07, 6.45) is 4.63. The predicted molar refractivity (Wildman–Crippen MR) is 149 cm³/mol. The van der Waals surface area contributed by atoms with Gasteiger partial charge < -0.3 is 20.1 Å². The van der Waals surface area contributed by atoms with Crippen LogP contribution in [0.5, 0.6) is 0 Å². The maximum Gasteiger partial charge on any atom is 0.322 e. The van der Waals surface area contributed by atoms with E-state index in [4.69, 9.17) is 0 Å². The summed E-state index contributed by atoms with van der Waals surface area (Å²) >= 11 is 0. The first-order valence-corrected chi connectivity index (χ1v) is 13.0. The monoisotopic (exact) mass is 494 g/mol. The maximum atomic E-state index is 13.7. The SMILES string of the molecule is Cc1ccc(CN(CCc2c[nH]c3ccccc23)C(=O)CN(C(=O)Nc2ccccc2C)C2CC2)cc1. The number of anilines is 1. The number of hydrogen-bond acceptors (Lipinski definition) is 2. The lowest BCUT2D eigenvalue weighted by Gasteiger charge is -2.28. The Balaban J connectivity index is 1.32. The van der Waals surface area contributed by atoms with Crippen LogP contribution < -0.4 is 5.32 Å². The first-order valence-electron chi connectivity index (χ1n) is 13.0. The van der Waals surface area contributed by atoms with E-state index in [1.165, 1.54) is 16.5 Å². The number of aryl methyl sites for hydroxylation is 2. The molecule has 0 bridgehead atoms. The van der Waals surface area contributed by atoms with E-state index in [1.54, 1.807) is 4.90 Å². The number of carbonyl (C=O) groups excluding carboxylic acids is 2. The van der Waals surface area contributed by atoms with Crippen molar-refractivity contribution in [3.8, 4) is 0 Å². The lowest BCUT2D eigenvalue weighted by molar-refractivity contribution is -0.132. The summed E-state index contributed by atoms with van der Waals surface area (Å²) < 4.78 is 0. The molecule has 4 aromatic rings. The van der Waals surface area contributed by atoms with E-state index in [-0.39, 0.29) is 24.5 Å². The van der Waals surface area contributed by atoms with Crippen LogP contribution in [-0.2, 0) is 17.8 Å². The van der Waals surface area contributed by atoms with E-state index in [9.17, 15) is 9.59 Å². The van der Waals surface area contributed by atoms with E-state index in [1.807, 2.05) is 54.4 Å². The predicted octanol–water partition coefficient (Wildman–Crippen LogP) is 6.05. The molecule has 1 aliphatic rings. The van der Waals surface area contributed by atoms with Gasteiger partial charge in [-0.3, -0.25) is 4.79 Å². The molecule has 3 amide bonds. The number of urea groups is 1. The van der Waals surface area contributed by atoms with Gasteiger partial charge in [-0.15, -0.1) is 0 Å². The van der Waals surface area contributed by atoms with Gasteiger partial charge in [0.2, 0.25) is 5.91 Å². The molecule has 0 unspecified atom stereocenters. The van der Waals surface area contributed by atoms with E-state index < -0.39 is 0 Å². The third-order valence-corrected chi connectivity index (χ3v) is 7.11. The fourth-order valence-corrected chi connectivity index (χ4v) is 4.70. The third-order valence-electron chi connectivity index (χ3n) is 7.11. The van der Waals surface area contributed by atoms with Crippen LogP contribution in [0.3, 0.4) is 0 Å². The van der Waals surface area contributed by atoms with Gasteiger partial charge in [-0.25, -0.2) is 4.79 Å². The van der Waals surface area contributed by atoms with Crippen molar-refractivity contribution >= 4 is 28.5 Å². The van der Waals surface area contributed by atoms with Crippen molar-refractivity contribution < 1.29 is 9.59 Å². The summed E-state index contributed by atoms with van der Waals surface area (Å²) in [6, 6.07) is 24.1. The van der Waals surface area contributed by atoms with Gasteiger partial charge in [0.15, 0.2) is 0 Å². The number of aromatic nitrogens is 1. The number of H-pyrrole nitrogens is 1. The zero-order chi connectivity index (χ0) is 25.8. The topological polar surface area (TPSA) is 68.4 Å². The van der Waals surface area contributed by atoms with Gasteiger partial charge in [-0.05, 0) is 61.9 Å². The Kier molecular flexibility index (Phi) is 7.26. The average Bonchev–Trinajstić information content (AvgIpc) is 3.66. The highest BCUT2D eigenvalue weighted by atomic mass is 16.2. The van der Waals surface area contributed by atoms with Gasteiger partial charge in [0.1, 0.15) is 6.54 Å². The van der Waals surface area contributed by atoms with Crippen molar-refractivity contribution in [3.63, 3.8) is 0 Å². The zero-order valence-corrected chi connectivity index (χ0v) is 21.5. The summed E-state index contributed by atoms with van der Waals surface area (Å²) in [6.45, 7) is 5.19. The summed E-state index contributed by atoms with van der Waals surface area (Å²) in [7, 11) is 0. The Labute approximate surface area is 218 Å². The Hall–Kier alpha value is -4.06. The van der Waals surface area contributed by atoms with Crippen LogP contribution in [0.2, 0.25) is 0 Å². The summed E-state index contributed by atoms with van der Waals surface area (Å²) in [5.41, 5.74) is 6.34. The second-order valence-electron chi connectivity index (χ2n) is 10.0. The molecule has 6 heteroatoms. The number of amides is 3. The second-order valence-corrected chi connectivity index (χ2v) is 10.0. The van der Waals surface area contributed by atoms with Crippen molar-refractivity contribution in [1.82, 2.24) is 14.8 Å². The number of aromatic amines is 1. The quantitative estimate of drug-likeness (QED) is 0.297. The van der Waals surface area contributed by atoms with Crippen molar-refractivity contribution in [3.05, 3.63) is 101 Å². The molecule has 5 rings (SSSR count). The summed E-state index contributed by atoms with van der Waals surface area (Å²) in [5, 5.41) is 4.20. The highest BCUT2D eigenvalue weighted by Crippen LogP contribution is 2.28. The first kappa shape index (κ1) is 24.6. The van der Waals surface area contributed by atoms with Crippen LogP contribution in [0.4, 0.5) is 10.5 Å². The molecule has 1 saturated carbocycles. The van der Waals surface area contributed by atoms with Gasteiger partial charge in [0.05, 0.1) is 0 Å². The lowest BCUT2D eigenvalue weighted by atomic mass is 10.1. The highest BCUT2D eigenvalue weighted by molar-refractivity contribution is 5.93. The van der Waals surface area contributed by atoms with E-state index >= 15 is 0 Å². The first-order chi connectivity index (χ1) is 18.0. The molecule has 190 valence electrons. The molecule has 2 N–H and O–H groups in total. The fourth-order valence-electron chi connectivity index (χ4n) is 4.70.